The minimum atomic E-state index is -2.44. The van der Waals surface area contributed by atoms with E-state index >= 15 is 0 Å². The van der Waals surface area contributed by atoms with Crippen LogP contribution in [0.25, 0.3) is 0 Å². The number of hydrogen-bond acceptors (Lipinski definition) is 1. The molecule has 0 spiro atoms. The Balaban J connectivity index is 3.36. The Hall–Kier alpha value is 0.690. The molecular formula is C3H7F2HfN. The van der Waals surface area contributed by atoms with Crippen molar-refractivity contribution >= 4 is 0 Å². The molecule has 0 fully saturated rings. The molecule has 7 heavy (non-hydrogen) atoms. The number of hydrogen-bond donors (Lipinski definition) is 1. The van der Waals surface area contributed by atoms with Crippen molar-refractivity contribution in [2.24, 2.45) is 5.73 Å². The van der Waals surface area contributed by atoms with E-state index in [2.05, 4.69) is 0 Å². The van der Waals surface area contributed by atoms with Crippen LogP contribution in [0.3, 0.4) is 0 Å². The number of halogens is 2. The summed E-state index contributed by atoms with van der Waals surface area (Å²) in [6.07, 6.45) is 0. The van der Waals surface area contributed by atoms with Crippen LogP contribution in [0.1, 0.15) is 0 Å². The van der Waals surface area contributed by atoms with Crippen molar-refractivity contribution in [1.29, 1.82) is 0 Å². The summed E-state index contributed by atoms with van der Waals surface area (Å²) < 4.78 is 22.8. The molecule has 1 nitrogen and oxygen atoms in total. The standard InChI is InChI=1S/C2H4F2N.CH3.Hf/c3-2(4)1-5;;/h1,5H2;1H3;. The van der Waals surface area contributed by atoms with E-state index in [0.29, 0.717) is 0 Å². The zero-order valence-electron chi connectivity index (χ0n) is 4.04. The van der Waals surface area contributed by atoms with Crippen LogP contribution >= 0.6 is 0 Å². The van der Waals surface area contributed by atoms with Crippen LogP contribution < -0.4 is 5.73 Å². The molecule has 0 radical (unpaired) electrons. The van der Waals surface area contributed by atoms with Crippen molar-refractivity contribution in [2.45, 2.75) is 8.36 Å². The van der Waals surface area contributed by atoms with Gasteiger partial charge in [0.15, 0.2) is 0 Å². The van der Waals surface area contributed by atoms with Gasteiger partial charge >= 0.3 is 52.3 Å². The van der Waals surface area contributed by atoms with E-state index < -0.39 is 33.1 Å². The first-order chi connectivity index (χ1) is 3.12. The Morgan fingerprint density at radius 1 is 1.71 bits per heavy atom. The summed E-state index contributed by atoms with van der Waals surface area (Å²) in [4.78, 5) is 0. The molecule has 0 aliphatic heterocycles. The van der Waals surface area contributed by atoms with Gasteiger partial charge in [0.25, 0.3) is 0 Å². The average molecular weight is 274 g/mol. The predicted molar refractivity (Wildman–Crippen MR) is 19.9 cm³/mol. The van der Waals surface area contributed by atoms with Crippen molar-refractivity contribution in [3.63, 3.8) is 0 Å². The second-order valence-electron chi connectivity index (χ2n) is 1.16. The third-order valence-electron chi connectivity index (χ3n) is 0.622. The summed E-state index contributed by atoms with van der Waals surface area (Å²) in [6.45, 7) is -0.452. The summed E-state index contributed by atoms with van der Waals surface area (Å²) in [7, 11) is 0. The molecule has 0 aromatic carbocycles. The summed E-state index contributed by atoms with van der Waals surface area (Å²) in [6, 6.07) is 0. The molecule has 4 heteroatoms. The second kappa shape index (κ2) is 2.87. The third kappa shape index (κ3) is 3.29. The minimum absolute atomic E-state index is 0.452. The quantitative estimate of drug-likeness (QED) is 0.736. The zero-order valence-corrected chi connectivity index (χ0v) is 7.63. The van der Waals surface area contributed by atoms with E-state index in [0.717, 1.165) is 0 Å². The molecule has 0 heterocycles. The Labute approximate surface area is 52.6 Å². The van der Waals surface area contributed by atoms with E-state index in [1.165, 1.54) is 0 Å². The van der Waals surface area contributed by atoms with Crippen molar-refractivity contribution < 1.29 is 31.7 Å². The Kier molecular flexibility index (Phi) is 3.15. The molecule has 0 aliphatic rings. The van der Waals surface area contributed by atoms with Crippen LogP contribution in [0.2, 0.25) is 4.68 Å². The fourth-order valence-corrected chi connectivity index (χ4v) is 0.835. The van der Waals surface area contributed by atoms with Crippen LogP contribution in [0.15, 0.2) is 0 Å². The van der Waals surface area contributed by atoms with Gasteiger partial charge in [-0.25, -0.2) is 0 Å². The van der Waals surface area contributed by atoms with Gasteiger partial charge in [-0.05, 0) is 0 Å². The molecule has 0 aromatic heterocycles. The van der Waals surface area contributed by atoms with Crippen molar-refractivity contribution in [3.05, 3.63) is 0 Å². The zero-order chi connectivity index (χ0) is 5.91. The maximum atomic E-state index is 11.8. The predicted octanol–water partition coefficient (Wildman–Crippen LogP) is 0.669. The van der Waals surface area contributed by atoms with Crippen LogP contribution in [0, 0.1) is 0 Å². The van der Waals surface area contributed by atoms with Gasteiger partial charge in [0.1, 0.15) is 0 Å². The van der Waals surface area contributed by atoms with Crippen LogP contribution in [-0.4, -0.2) is 10.2 Å². The molecule has 0 unspecified atom stereocenters. The summed E-state index contributed by atoms with van der Waals surface area (Å²) in [5.41, 5.74) is 4.72. The molecule has 0 saturated carbocycles. The van der Waals surface area contributed by atoms with Crippen molar-refractivity contribution in [3.8, 4) is 0 Å². The normalized spacial score (nSPS) is 11.4. The molecule has 0 bridgehead atoms. The van der Waals surface area contributed by atoms with E-state index in [4.69, 9.17) is 5.73 Å². The van der Waals surface area contributed by atoms with Gasteiger partial charge in [0.2, 0.25) is 0 Å². The fraction of sp³-hybridized carbons (Fsp3) is 1.00. The molecule has 0 rings (SSSR count). The van der Waals surface area contributed by atoms with E-state index in [9.17, 15) is 8.78 Å². The maximum absolute atomic E-state index is 11.8. The molecule has 42 valence electrons. The molecule has 0 aromatic rings. The monoisotopic (exact) mass is 275 g/mol. The van der Waals surface area contributed by atoms with Gasteiger partial charge in [-0.1, -0.05) is 0 Å². The molecular weight excluding hydrogens is 267 g/mol. The summed E-state index contributed by atoms with van der Waals surface area (Å²) in [5.74, 6) is 0. The average Bonchev–Trinajstić information content (AvgIpc) is 1.68. The SMILES string of the molecule is [CH3][Hf][C](F)(F)CN. The van der Waals surface area contributed by atoms with Crippen molar-refractivity contribution in [1.82, 2.24) is 0 Å². The molecule has 0 atom stereocenters. The van der Waals surface area contributed by atoms with Gasteiger partial charge in [-0.2, -0.15) is 0 Å². The number of nitrogens with two attached hydrogens (primary N) is 1. The molecule has 2 N–H and O–H groups in total. The fourth-order valence-electron chi connectivity index (χ4n) is 0.102. The van der Waals surface area contributed by atoms with Crippen LogP contribution in [-0.2, 0) is 22.9 Å². The first kappa shape index (κ1) is 7.69. The molecule has 0 amide bonds. The van der Waals surface area contributed by atoms with E-state index in [1.54, 1.807) is 4.68 Å². The first-order valence-electron chi connectivity index (χ1n) is 1.89. The van der Waals surface area contributed by atoms with Crippen molar-refractivity contribution in [2.75, 3.05) is 6.54 Å². The number of rotatable bonds is 2. The Morgan fingerprint density at radius 3 is 2.14 bits per heavy atom. The van der Waals surface area contributed by atoms with Crippen LogP contribution in [0.5, 0.6) is 0 Å². The van der Waals surface area contributed by atoms with Gasteiger partial charge in [0, 0.05) is 0 Å². The van der Waals surface area contributed by atoms with Gasteiger partial charge in [-0.15, -0.1) is 0 Å². The topological polar surface area (TPSA) is 26.0 Å². The summed E-state index contributed by atoms with van der Waals surface area (Å²) in [5, 5.41) is 0. The Morgan fingerprint density at radius 2 is 2.14 bits per heavy atom. The Bertz CT molecular complexity index is 50.9. The second-order valence-corrected chi connectivity index (χ2v) is 5.58. The van der Waals surface area contributed by atoms with Crippen LogP contribution in [0.4, 0.5) is 8.78 Å². The number of alkyl halides is 2. The first-order valence-corrected chi connectivity index (χ1v) is 7.28. The van der Waals surface area contributed by atoms with E-state index in [1.807, 2.05) is 0 Å². The van der Waals surface area contributed by atoms with Gasteiger partial charge in [-0.3, -0.25) is 0 Å². The van der Waals surface area contributed by atoms with Gasteiger partial charge < -0.3 is 0 Å². The van der Waals surface area contributed by atoms with Gasteiger partial charge in [0.05, 0.1) is 0 Å². The third-order valence-corrected chi connectivity index (χ3v) is 3.98. The molecule has 0 aliphatic carbocycles. The summed E-state index contributed by atoms with van der Waals surface area (Å²) >= 11 is -1.64. The van der Waals surface area contributed by atoms with E-state index in [-0.39, 0.29) is 0 Å². The molecule has 0 saturated heterocycles.